The molecule has 0 saturated heterocycles. The minimum absolute atomic E-state index is 0.246. The third kappa shape index (κ3) is 2.81. The van der Waals surface area contributed by atoms with Gasteiger partial charge >= 0.3 is 5.69 Å². The number of carbonyl (C=O) groups excluding carboxylic acids is 1. The van der Waals surface area contributed by atoms with Gasteiger partial charge in [0.05, 0.1) is 17.6 Å². The van der Waals surface area contributed by atoms with Crippen LogP contribution in [0.3, 0.4) is 0 Å². The second-order valence-electron chi connectivity index (χ2n) is 4.01. The van der Waals surface area contributed by atoms with Gasteiger partial charge in [0.1, 0.15) is 6.20 Å². The fraction of sp³-hybridized carbons (Fsp3) is 0.167. The van der Waals surface area contributed by atoms with Crippen molar-refractivity contribution in [3.63, 3.8) is 0 Å². The van der Waals surface area contributed by atoms with Gasteiger partial charge in [0.15, 0.2) is 0 Å². The van der Waals surface area contributed by atoms with E-state index in [-0.39, 0.29) is 12.3 Å². The number of rotatable bonds is 5. The van der Waals surface area contributed by atoms with E-state index in [0.29, 0.717) is 5.56 Å². The molecule has 1 aromatic heterocycles. The lowest BCUT2D eigenvalue weighted by molar-refractivity contribution is -0.385. The van der Waals surface area contributed by atoms with Gasteiger partial charge in [-0.1, -0.05) is 30.3 Å². The molecular formula is C12H12N4O4. The van der Waals surface area contributed by atoms with E-state index >= 15 is 0 Å². The van der Waals surface area contributed by atoms with Crippen LogP contribution < -0.4 is 5.32 Å². The van der Waals surface area contributed by atoms with Crippen LogP contribution >= 0.6 is 0 Å². The summed E-state index contributed by atoms with van der Waals surface area (Å²) in [7, 11) is 0. The summed E-state index contributed by atoms with van der Waals surface area (Å²) in [6.07, 6.45) is 0.964. The number of H-pyrrole nitrogens is 1. The molecule has 1 amide bonds. The Morgan fingerprint density at radius 2 is 2.15 bits per heavy atom. The molecule has 0 spiro atoms. The van der Waals surface area contributed by atoms with Crippen LogP contribution in [-0.2, 0) is 0 Å². The second kappa shape index (κ2) is 5.93. The molecule has 0 aliphatic carbocycles. The third-order valence-corrected chi connectivity index (χ3v) is 2.73. The summed E-state index contributed by atoms with van der Waals surface area (Å²) in [5.41, 5.74) is 0.0437. The first kappa shape index (κ1) is 13.7. The zero-order valence-corrected chi connectivity index (χ0v) is 10.3. The van der Waals surface area contributed by atoms with E-state index in [1.165, 1.54) is 0 Å². The molecule has 8 nitrogen and oxygen atoms in total. The van der Waals surface area contributed by atoms with Crippen LogP contribution in [0.2, 0.25) is 0 Å². The zero-order valence-electron chi connectivity index (χ0n) is 10.3. The summed E-state index contributed by atoms with van der Waals surface area (Å²) in [4.78, 5) is 22.0. The van der Waals surface area contributed by atoms with Gasteiger partial charge in [0, 0.05) is 0 Å². The predicted octanol–water partition coefficient (Wildman–Crippen LogP) is 0.781. The highest BCUT2D eigenvalue weighted by molar-refractivity contribution is 5.96. The van der Waals surface area contributed by atoms with Crippen LogP contribution in [0.4, 0.5) is 5.69 Å². The molecular weight excluding hydrogens is 264 g/mol. The zero-order chi connectivity index (χ0) is 14.5. The van der Waals surface area contributed by atoms with E-state index in [1.807, 2.05) is 0 Å². The fourth-order valence-electron chi connectivity index (χ4n) is 1.74. The summed E-state index contributed by atoms with van der Waals surface area (Å²) in [5, 5.41) is 28.3. The van der Waals surface area contributed by atoms with Crippen molar-refractivity contribution in [3.05, 3.63) is 57.9 Å². The van der Waals surface area contributed by atoms with Crippen LogP contribution in [0.25, 0.3) is 0 Å². The number of aliphatic hydroxyl groups is 1. The number of carbonyl (C=O) groups is 1. The van der Waals surface area contributed by atoms with Crippen molar-refractivity contribution in [1.82, 2.24) is 15.5 Å². The highest BCUT2D eigenvalue weighted by Gasteiger charge is 2.24. The van der Waals surface area contributed by atoms with Crippen LogP contribution in [0.1, 0.15) is 22.1 Å². The number of amides is 1. The van der Waals surface area contributed by atoms with Gasteiger partial charge in [0.25, 0.3) is 5.91 Å². The number of aromatic nitrogens is 2. The number of hydrogen-bond acceptors (Lipinski definition) is 5. The average Bonchev–Trinajstić information content (AvgIpc) is 2.95. The normalized spacial score (nSPS) is 11.8. The van der Waals surface area contributed by atoms with E-state index in [0.717, 1.165) is 6.20 Å². The van der Waals surface area contributed by atoms with Crippen molar-refractivity contribution in [2.24, 2.45) is 0 Å². The maximum absolute atomic E-state index is 12.0. The second-order valence-corrected chi connectivity index (χ2v) is 4.01. The molecule has 0 aliphatic heterocycles. The molecule has 0 fully saturated rings. The molecule has 104 valence electrons. The van der Waals surface area contributed by atoms with Crippen molar-refractivity contribution in [1.29, 1.82) is 0 Å². The minimum Gasteiger partial charge on any atom is -0.394 e. The quantitative estimate of drug-likeness (QED) is 0.550. The molecule has 1 heterocycles. The Balaban J connectivity index is 2.18. The highest BCUT2D eigenvalue weighted by atomic mass is 16.6. The van der Waals surface area contributed by atoms with Crippen molar-refractivity contribution < 1.29 is 14.8 Å². The molecule has 0 unspecified atom stereocenters. The topological polar surface area (TPSA) is 121 Å². The number of nitro groups is 1. The van der Waals surface area contributed by atoms with Crippen molar-refractivity contribution >= 4 is 11.6 Å². The lowest BCUT2D eigenvalue weighted by Gasteiger charge is -2.15. The molecule has 3 N–H and O–H groups in total. The smallest absolute Gasteiger partial charge is 0.319 e. The van der Waals surface area contributed by atoms with Crippen LogP contribution in [0.5, 0.6) is 0 Å². The summed E-state index contributed by atoms with van der Waals surface area (Å²) in [6.45, 7) is -0.322. The summed E-state index contributed by atoms with van der Waals surface area (Å²) in [6, 6.07) is 8.17. The van der Waals surface area contributed by atoms with Crippen LogP contribution in [0, 0.1) is 10.1 Å². The van der Waals surface area contributed by atoms with E-state index < -0.39 is 22.6 Å². The van der Waals surface area contributed by atoms with Gasteiger partial charge in [-0.3, -0.25) is 20.0 Å². The number of aromatic amines is 1. The lowest BCUT2D eigenvalue weighted by atomic mass is 10.1. The number of hydrogen-bond donors (Lipinski definition) is 3. The molecule has 8 heteroatoms. The Labute approximate surface area is 113 Å². The van der Waals surface area contributed by atoms with E-state index in [4.69, 9.17) is 0 Å². The average molecular weight is 276 g/mol. The molecule has 1 atom stereocenters. The molecule has 1 aromatic carbocycles. The molecule has 0 radical (unpaired) electrons. The van der Waals surface area contributed by atoms with Gasteiger partial charge < -0.3 is 10.4 Å². The molecule has 0 aliphatic rings. The maximum atomic E-state index is 12.0. The van der Waals surface area contributed by atoms with Gasteiger partial charge in [-0.2, -0.15) is 5.10 Å². The number of nitrogens with zero attached hydrogens (tertiary/aromatic N) is 2. The fourth-order valence-corrected chi connectivity index (χ4v) is 1.74. The summed E-state index contributed by atoms with van der Waals surface area (Å²) >= 11 is 0. The van der Waals surface area contributed by atoms with Crippen molar-refractivity contribution in [2.45, 2.75) is 6.04 Å². The van der Waals surface area contributed by atoms with Gasteiger partial charge in [0.2, 0.25) is 5.69 Å². The Hall–Kier alpha value is -2.74. The largest absolute Gasteiger partial charge is 0.394 e. The van der Waals surface area contributed by atoms with Crippen LogP contribution in [-0.4, -0.2) is 32.7 Å². The summed E-state index contributed by atoms with van der Waals surface area (Å²) < 4.78 is 0. The minimum atomic E-state index is -0.700. The predicted molar refractivity (Wildman–Crippen MR) is 69.0 cm³/mol. The van der Waals surface area contributed by atoms with Crippen molar-refractivity contribution in [2.75, 3.05) is 6.61 Å². The monoisotopic (exact) mass is 276 g/mol. The first-order chi connectivity index (χ1) is 9.63. The molecule has 2 aromatic rings. The molecule has 20 heavy (non-hydrogen) atoms. The Kier molecular flexibility index (Phi) is 4.06. The molecule has 0 saturated carbocycles. The summed E-state index contributed by atoms with van der Waals surface area (Å²) in [5.74, 6) is -0.697. The van der Waals surface area contributed by atoms with Gasteiger partial charge in [-0.15, -0.1) is 0 Å². The number of aliphatic hydroxyl groups excluding tert-OH is 1. The number of benzene rings is 1. The van der Waals surface area contributed by atoms with Gasteiger partial charge in [-0.25, -0.2) is 0 Å². The van der Waals surface area contributed by atoms with Crippen molar-refractivity contribution in [3.8, 4) is 0 Å². The first-order valence-corrected chi connectivity index (χ1v) is 5.78. The first-order valence-electron chi connectivity index (χ1n) is 5.78. The Morgan fingerprint density at radius 3 is 2.75 bits per heavy atom. The number of nitrogens with one attached hydrogen (secondary N) is 2. The van der Waals surface area contributed by atoms with Gasteiger partial charge in [-0.05, 0) is 5.56 Å². The molecule has 2 rings (SSSR count). The third-order valence-electron chi connectivity index (χ3n) is 2.73. The standard InChI is InChI=1S/C12H12N4O4/c17-7-9(8-4-2-1-3-5-8)14-12(18)11-10(16(19)20)6-13-15-11/h1-6,9,17H,7H2,(H,13,15)(H,14,18)/t9-/m1/s1. The molecule has 0 bridgehead atoms. The van der Waals surface area contributed by atoms with E-state index in [9.17, 15) is 20.0 Å². The SMILES string of the molecule is O=C(N[C@H](CO)c1ccccc1)c1[nH]ncc1[N+](=O)[O-]. The van der Waals surface area contributed by atoms with E-state index in [2.05, 4.69) is 15.5 Å². The Bertz CT molecular complexity index is 611. The highest BCUT2D eigenvalue weighted by Crippen LogP contribution is 2.17. The van der Waals surface area contributed by atoms with E-state index in [1.54, 1.807) is 30.3 Å². The van der Waals surface area contributed by atoms with Crippen LogP contribution in [0.15, 0.2) is 36.5 Å². The lowest BCUT2D eigenvalue weighted by Crippen LogP contribution is -2.31. The maximum Gasteiger partial charge on any atom is 0.319 e. The Morgan fingerprint density at radius 1 is 1.45 bits per heavy atom.